The van der Waals surface area contributed by atoms with Crippen LogP contribution in [0.5, 0.6) is 5.75 Å². The van der Waals surface area contributed by atoms with Gasteiger partial charge in [0, 0.05) is 4.47 Å². The first-order valence-corrected chi connectivity index (χ1v) is 5.93. The van der Waals surface area contributed by atoms with Crippen molar-refractivity contribution >= 4 is 15.9 Å². The SMILES string of the molecule is CC(C)CC(O)COc1cccc(Br)c1. The predicted molar refractivity (Wildman–Crippen MR) is 65.1 cm³/mol. The Balaban J connectivity index is 2.36. The zero-order valence-electron chi connectivity index (χ0n) is 9.11. The Morgan fingerprint density at radius 2 is 2.13 bits per heavy atom. The van der Waals surface area contributed by atoms with Crippen LogP contribution < -0.4 is 4.74 Å². The second kappa shape index (κ2) is 6.13. The molecule has 0 saturated carbocycles. The molecule has 0 bridgehead atoms. The van der Waals surface area contributed by atoms with Gasteiger partial charge in [-0.1, -0.05) is 35.8 Å². The Bertz CT molecular complexity index is 299. The Labute approximate surface area is 99.4 Å². The quantitative estimate of drug-likeness (QED) is 0.892. The fraction of sp³-hybridized carbons (Fsp3) is 0.500. The van der Waals surface area contributed by atoms with Gasteiger partial charge in [0.1, 0.15) is 12.4 Å². The minimum atomic E-state index is -0.385. The van der Waals surface area contributed by atoms with Gasteiger partial charge in [-0.25, -0.2) is 0 Å². The van der Waals surface area contributed by atoms with Gasteiger partial charge in [-0.15, -0.1) is 0 Å². The lowest BCUT2D eigenvalue weighted by molar-refractivity contribution is 0.0892. The van der Waals surface area contributed by atoms with Crippen LogP contribution in [0.25, 0.3) is 0 Å². The lowest BCUT2D eigenvalue weighted by atomic mass is 10.1. The van der Waals surface area contributed by atoms with E-state index in [1.165, 1.54) is 0 Å². The summed E-state index contributed by atoms with van der Waals surface area (Å²) < 4.78 is 6.45. The second-order valence-corrected chi connectivity index (χ2v) is 4.97. The lowest BCUT2D eigenvalue weighted by Gasteiger charge is -2.14. The Kier molecular flexibility index (Phi) is 5.12. The highest BCUT2D eigenvalue weighted by molar-refractivity contribution is 9.10. The van der Waals surface area contributed by atoms with Gasteiger partial charge in [0.25, 0.3) is 0 Å². The summed E-state index contributed by atoms with van der Waals surface area (Å²) in [6.45, 7) is 4.53. The Morgan fingerprint density at radius 1 is 1.40 bits per heavy atom. The molecule has 0 heterocycles. The van der Waals surface area contributed by atoms with E-state index >= 15 is 0 Å². The molecule has 1 unspecified atom stereocenters. The third-order valence-corrected chi connectivity index (χ3v) is 2.48. The molecule has 15 heavy (non-hydrogen) atoms. The molecule has 0 fully saturated rings. The van der Waals surface area contributed by atoms with E-state index in [2.05, 4.69) is 29.8 Å². The van der Waals surface area contributed by atoms with Gasteiger partial charge in [-0.3, -0.25) is 0 Å². The summed E-state index contributed by atoms with van der Waals surface area (Å²) in [7, 11) is 0. The van der Waals surface area contributed by atoms with E-state index in [1.807, 2.05) is 24.3 Å². The van der Waals surface area contributed by atoms with Crippen molar-refractivity contribution in [2.75, 3.05) is 6.61 Å². The maximum atomic E-state index is 9.61. The standard InChI is InChI=1S/C12H17BrO2/c1-9(2)6-11(14)8-15-12-5-3-4-10(13)7-12/h3-5,7,9,11,14H,6,8H2,1-2H3. The van der Waals surface area contributed by atoms with Crippen molar-refractivity contribution in [3.63, 3.8) is 0 Å². The van der Waals surface area contributed by atoms with Crippen LogP contribution >= 0.6 is 15.9 Å². The molecule has 1 N–H and O–H groups in total. The fourth-order valence-electron chi connectivity index (χ4n) is 1.36. The second-order valence-electron chi connectivity index (χ2n) is 4.05. The molecule has 1 aromatic rings. The summed E-state index contributed by atoms with van der Waals surface area (Å²) in [5.74, 6) is 1.28. The fourth-order valence-corrected chi connectivity index (χ4v) is 1.74. The topological polar surface area (TPSA) is 29.5 Å². The molecular weight excluding hydrogens is 256 g/mol. The van der Waals surface area contributed by atoms with E-state index in [0.29, 0.717) is 12.5 Å². The largest absolute Gasteiger partial charge is 0.491 e. The monoisotopic (exact) mass is 272 g/mol. The molecule has 0 amide bonds. The van der Waals surface area contributed by atoms with E-state index < -0.39 is 0 Å². The summed E-state index contributed by atoms with van der Waals surface area (Å²) in [6, 6.07) is 7.63. The van der Waals surface area contributed by atoms with Crippen LogP contribution in [0.1, 0.15) is 20.3 Å². The zero-order chi connectivity index (χ0) is 11.3. The third-order valence-electron chi connectivity index (χ3n) is 1.98. The van der Waals surface area contributed by atoms with Crippen molar-refractivity contribution in [2.24, 2.45) is 5.92 Å². The van der Waals surface area contributed by atoms with Crippen molar-refractivity contribution in [3.8, 4) is 5.75 Å². The van der Waals surface area contributed by atoms with Crippen LogP contribution in [0.15, 0.2) is 28.7 Å². The summed E-state index contributed by atoms with van der Waals surface area (Å²) >= 11 is 3.37. The highest BCUT2D eigenvalue weighted by Crippen LogP contribution is 2.18. The third kappa shape index (κ3) is 5.19. The smallest absolute Gasteiger partial charge is 0.120 e. The highest BCUT2D eigenvalue weighted by Gasteiger charge is 2.07. The first-order chi connectivity index (χ1) is 7.08. The number of aliphatic hydroxyl groups excluding tert-OH is 1. The maximum absolute atomic E-state index is 9.61. The van der Waals surface area contributed by atoms with E-state index in [0.717, 1.165) is 16.6 Å². The van der Waals surface area contributed by atoms with Gasteiger partial charge in [0.15, 0.2) is 0 Å². The van der Waals surface area contributed by atoms with Crippen LogP contribution in [0.2, 0.25) is 0 Å². The summed E-state index contributed by atoms with van der Waals surface area (Å²) in [5.41, 5.74) is 0. The first-order valence-electron chi connectivity index (χ1n) is 5.14. The number of rotatable bonds is 5. The molecule has 2 nitrogen and oxygen atoms in total. The number of ether oxygens (including phenoxy) is 1. The summed E-state index contributed by atoms with van der Waals surface area (Å²) in [6.07, 6.45) is 0.387. The minimum absolute atomic E-state index is 0.356. The van der Waals surface area contributed by atoms with Crippen molar-refractivity contribution in [1.82, 2.24) is 0 Å². The summed E-state index contributed by atoms with van der Waals surface area (Å²) in [5, 5.41) is 9.61. The Morgan fingerprint density at radius 3 is 2.73 bits per heavy atom. The average Bonchev–Trinajstić information content (AvgIpc) is 2.14. The van der Waals surface area contributed by atoms with Crippen LogP contribution in [0.3, 0.4) is 0 Å². The molecule has 0 spiro atoms. The normalized spacial score (nSPS) is 12.9. The molecule has 0 saturated heterocycles. The van der Waals surface area contributed by atoms with Gasteiger partial charge >= 0.3 is 0 Å². The number of hydrogen-bond donors (Lipinski definition) is 1. The van der Waals surface area contributed by atoms with Crippen LogP contribution in [-0.2, 0) is 0 Å². The van der Waals surface area contributed by atoms with Crippen molar-refractivity contribution in [1.29, 1.82) is 0 Å². The van der Waals surface area contributed by atoms with Crippen LogP contribution in [-0.4, -0.2) is 17.8 Å². The predicted octanol–water partition coefficient (Wildman–Crippen LogP) is 3.23. The van der Waals surface area contributed by atoms with Gasteiger partial charge in [0.05, 0.1) is 6.10 Å². The molecule has 0 aromatic heterocycles. The molecule has 0 aliphatic rings. The van der Waals surface area contributed by atoms with Crippen molar-refractivity contribution in [3.05, 3.63) is 28.7 Å². The number of aliphatic hydroxyl groups is 1. The molecule has 84 valence electrons. The van der Waals surface area contributed by atoms with Gasteiger partial charge in [0.2, 0.25) is 0 Å². The number of halogens is 1. The molecular formula is C12H17BrO2. The zero-order valence-corrected chi connectivity index (χ0v) is 10.7. The number of hydrogen-bond acceptors (Lipinski definition) is 2. The molecule has 0 aliphatic carbocycles. The molecule has 0 radical (unpaired) electrons. The summed E-state index contributed by atoms with van der Waals surface area (Å²) in [4.78, 5) is 0. The van der Waals surface area contributed by atoms with Crippen molar-refractivity contribution in [2.45, 2.75) is 26.4 Å². The first kappa shape index (κ1) is 12.5. The molecule has 1 atom stereocenters. The van der Waals surface area contributed by atoms with E-state index in [1.54, 1.807) is 0 Å². The average molecular weight is 273 g/mol. The van der Waals surface area contributed by atoms with E-state index in [-0.39, 0.29) is 6.10 Å². The minimum Gasteiger partial charge on any atom is -0.491 e. The number of benzene rings is 1. The van der Waals surface area contributed by atoms with Gasteiger partial charge in [-0.05, 0) is 30.5 Å². The maximum Gasteiger partial charge on any atom is 0.120 e. The van der Waals surface area contributed by atoms with E-state index in [9.17, 15) is 5.11 Å². The molecule has 1 rings (SSSR count). The molecule has 1 aromatic carbocycles. The Hall–Kier alpha value is -0.540. The molecule has 3 heteroatoms. The lowest BCUT2D eigenvalue weighted by Crippen LogP contribution is -2.19. The van der Waals surface area contributed by atoms with E-state index in [4.69, 9.17) is 4.74 Å². The van der Waals surface area contributed by atoms with Crippen LogP contribution in [0.4, 0.5) is 0 Å². The van der Waals surface area contributed by atoms with Crippen LogP contribution in [0, 0.1) is 5.92 Å². The van der Waals surface area contributed by atoms with Crippen molar-refractivity contribution < 1.29 is 9.84 Å². The highest BCUT2D eigenvalue weighted by atomic mass is 79.9. The van der Waals surface area contributed by atoms with Gasteiger partial charge in [-0.2, -0.15) is 0 Å². The molecule has 0 aliphatic heterocycles. The van der Waals surface area contributed by atoms with Gasteiger partial charge < -0.3 is 9.84 Å².